The molecular weight excluding hydrogens is 382 g/mol. The summed E-state index contributed by atoms with van der Waals surface area (Å²) < 4.78 is 2.12. The lowest BCUT2D eigenvalue weighted by Crippen LogP contribution is -2.53. The van der Waals surface area contributed by atoms with E-state index >= 15 is 0 Å². The Labute approximate surface area is 176 Å². The Bertz CT molecular complexity index is 1030. The van der Waals surface area contributed by atoms with Gasteiger partial charge in [0.25, 0.3) is 11.8 Å². The van der Waals surface area contributed by atoms with Crippen LogP contribution >= 0.6 is 12.2 Å². The molecule has 1 aliphatic rings. The van der Waals surface area contributed by atoms with Crippen LogP contribution in [0.15, 0.2) is 48.6 Å². The zero-order valence-corrected chi connectivity index (χ0v) is 18.0. The van der Waals surface area contributed by atoms with Crippen LogP contribution in [0.4, 0.5) is 0 Å². The molecule has 1 fully saturated rings. The number of carbonyl (C=O) groups is 2. The fourth-order valence-electron chi connectivity index (χ4n) is 3.48. The Balaban J connectivity index is 2.01. The third kappa shape index (κ3) is 3.93. The van der Waals surface area contributed by atoms with E-state index in [0.717, 1.165) is 22.6 Å². The van der Waals surface area contributed by atoms with Crippen molar-refractivity contribution >= 4 is 35.2 Å². The van der Waals surface area contributed by atoms with Crippen LogP contribution in [0.25, 0.3) is 11.8 Å². The SMILES string of the molecule is C=CCN1C(=O)/C(=C\c2cc(C)n(-c3ccc(C(C)C)cc3)c2C)C(=O)NC1=S. The molecule has 1 aromatic carbocycles. The predicted molar refractivity (Wildman–Crippen MR) is 120 cm³/mol. The van der Waals surface area contributed by atoms with Crippen molar-refractivity contribution in [3.05, 3.63) is 71.1 Å². The third-order valence-corrected chi connectivity index (χ3v) is 5.41. The Morgan fingerprint density at radius 1 is 1.17 bits per heavy atom. The van der Waals surface area contributed by atoms with Gasteiger partial charge in [0.15, 0.2) is 5.11 Å². The molecule has 150 valence electrons. The third-order valence-electron chi connectivity index (χ3n) is 5.09. The van der Waals surface area contributed by atoms with Gasteiger partial charge in [0.1, 0.15) is 5.57 Å². The second-order valence-electron chi connectivity index (χ2n) is 7.43. The smallest absolute Gasteiger partial charge is 0.265 e. The molecule has 2 aromatic rings. The first-order chi connectivity index (χ1) is 13.7. The van der Waals surface area contributed by atoms with E-state index in [0.29, 0.717) is 5.92 Å². The van der Waals surface area contributed by atoms with Gasteiger partial charge >= 0.3 is 0 Å². The second kappa shape index (κ2) is 8.17. The van der Waals surface area contributed by atoms with Gasteiger partial charge in [0.2, 0.25) is 0 Å². The van der Waals surface area contributed by atoms with E-state index < -0.39 is 11.8 Å². The molecular formula is C23H25N3O2S. The Kier molecular flexibility index (Phi) is 5.84. The van der Waals surface area contributed by atoms with E-state index in [2.05, 4.69) is 54.6 Å². The van der Waals surface area contributed by atoms with Crippen molar-refractivity contribution in [3.63, 3.8) is 0 Å². The maximum atomic E-state index is 12.8. The van der Waals surface area contributed by atoms with Crippen LogP contribution in [-0.2, 0) is 9.59 Å². The van der Waals surface area contributed by atoms with Crippen LogP contribution in [0.1, 0.15) is 42.3 Å². The molecule has 0 saturated carbocycles. The van der Waals surface area contributed by atoms with E-state index in [-0.39, 0.29) is 17.2 Å². The number of rotatable bonds is 5. The van der Waals surface area contributed by atoms with Crippen molar-refractivity contribution in [1.82, 2.24) is 14.8 Å². The topological polar surface area (TPSA) is 54.3 Å². The van der Waals surface area contributed by atoms with Gasteiger partial charge in [-0.25, -0.2) is 0 Å². The van der Waals surface area contributed by atoms with Gasteiger partial charge in [-0.3, -0.25) is 19.8 Å². The Hall–Kier alpha value is -2.99. The monoisotopic (exact) mass is 407 g/mol. The van der Waals surface area contributed by atoms with Gasteiger partial charge < -0.3 is 4.57 Å². The lowest BCUT2D eigenvalue weighted by molar-refractivity contribution is -0.128. The van der Waals surface area contributed by atoms with Gasteiger partial charge in [-0.1, -0.05) is 32.1 Å². The fraction of sp³-hybridized carbons (Fsp3) is 0.261. The molecule has 0 radical (unpaired) electrons. The summed E-state index contributed by atoms with van der Waals surface area (Å²) in [5.41, 5.74) is 5.19. The molecule has 0 bridgehead atoms. The molecule has 1 aliphatic heterocycles. The van der Waals surface area contributed by atoms with Crippen molar-refractivity contribution in [2.24, 2.45) is 0 Å². The van der Waals surface area contributed by atoms with E-state index in [1.54, 1.807) is 12.2 Å². The van der Waals surface area contributed by atoms with Crippen LogP contribution in [0.2, 0.25) is 0 Å². The van der Waals surface area contributed by atoms with Crippen LogP contribution in [0.5, 0.6) is 0 Å². The fourth-order valence-corrected chi connectivity index (χ4v) is 3.73. The zero-order valence-electron chi connectivity index (χ0n) is 17.2. The molecule has 3 rings (SSSR count). The summed E-state index contributed by atoms with van der Waals surface area (Å²) in [6.07, 6.45) is 3.21. The molecule has 1 N–H and O–H groups in total. The minimum Gasteiger partial charge on any atom is -0.318 e. The van der Waals surface area contributed by atoms with Crippen LogP contribution in [0, 0.1) is 13.8 Å². The second-order valence-corrected chi connectivity index (χ2v) is 7.82. The summed E-state index contributed by atoms with van der Waals surface area (Å²) in [5.74, 6) is -0.423. The number of hydrogen-bond acceptors (Lipinski definition) is 3. The van der Waals surface area contributed by atoms with Gasteiger partial charge in [-0.15, -0.1) is 6.58 Å². The van der Waals surface area contributed by atoms with E-state index in [1.165, 1.54) is 10.5 Å². The lowest BCUT2D eigenvalue weighted by Gasteiger charge is -2.27. The van der Waals surface area contributed by atoms with Gasteiger partial charge in [-0.2, -0.15) is 0 Å². The Morgan fingerprint density at radius 3 is 2.41 bits per heavy atom. The number of hydrogen-bond donors (Lipinski definition) is 1. The standard InChI is InChI=1S/C23H25N3O2S/c1-6-11-25-22(28)20(21(27)24-23(25)29)13-18-12-15(4)26(16(18)5)19-9-7-17(8-10-19)14(2)3/h6-10,12-14H,1,11H2,2-5H3,(H,24,27,29)/b20-13-. The lowest BCUT2D eigenvalue weighted by atomic mass is 10.0. The van der Waals surface area contributed by atoms with E-state index in [9.17, 15) is 9.59 Å². The molecule has 0 atom stereocenters. The highest BCUT2D eigenvalue weighted by atomic mass is 32.1. The molecule has 6 heteroatoms. The zero-order chi connectivity index (χ0) is 21.3. The van der Waals surface area contributed by atoms with Crippen LogP contribution in [0.3, 0.4) is 0 Å². The van der Waals surface area contributed by atoms with Crippen molar-refractivity contribution in [2.75, 3.05) is 6.54 Å². The molecule has 0 unspecified atom stereocenters. The minimum absolute atomic E-state index is 0.0656. The number of aryl methyl sites for hydroxylation is 1. The largest absolute Gasteiger partial charge is 0.318 e. The summed E-state index contributed by atoms with van der Waals surface area (Å²) in [4.78, 5) is 26.5. The molecule has 29 heavy (non-hydrogen) atoms. The van der Waals surface area contributed by atoms with Crippen LogP contribution < -0.4 is 5.32 Å². The number of amides is 2. The first kappa shape index (κ1) is 20.7. The normalized spacial score (nSPS) is 16.0. The first-order valence-electron chi connectivity index (χ1n) is 9.53. The maximum Gasteiger partial charge on any atom is 0.265 e. The summed E-state index contributed by atoms with van der Waals surface area (Å²) in [5, 5.41) is 2.68. The number of carbonyl (C=O) groups excluding carboxylic acids is 2. The number of nitrogens with zero attached hydrogens (tertiary/aromatic N) is 2. The minimum atomic E-state index is -0.480. The molecule has 2 amide bonds. The van der Waals surface area contributed by atoms with Crippen LogP contribution in [-0.4, -0.2) is 32.9 Å². The van der Waals surface area contributed by atoms with Gasteiger partial charge in [0, 0.05) is 23.6 Å². The quantitative estimate of drug-likeness (QED) is 0.352. The highest BCUT2D eigenvalue weighted by molar-refractivity contribution is 7.80. The van der Waals surface area contributed by atoms with Crippen molar-refractivity contribution < 1.29 is 9.59 Å². The van der Waals surface area contributed by atoms with Gasteiger partial charge in [-0.05, 0) is 67.4 Å². The predicted octanol–water partition coefficient (Wildman–Crippen LogP) is 4.03. The van der Waals surface area contributed by atoms with E-state index in [4.69, 9.17) is 12.2 Å². The Morgan fingerprint density at radius 2 is 1.83 bits per heavy atom. The molecule has 5 nitrogen and oxygen atoms in total. The average molecular weight is 408 g/mol. The molecule has 0 aliphatic carbocycles. The first-order valence-corrected chi connectivity index (χ1v) is 9.94. The van der Waals surface area contributed by atoms with E-state index in [1.807, 2.05) is 19.9 Å². The highest BCUT2D eigenvalue weighted by Crippen LogP contribution is 2.25. The van der Waals surface area contributed by atoms with Gasteiger partial charge in [0.05, 0.1) is 0 Å². The summed E-state index contributed by atoms with van der Waals surface area (Å²) >= 11 is 5.10. The summed E-state index contributed by atoms with van der Waals surface area (Å²) in [7, 11) is 0. The number of benzene rings is 1. The van der Waals surface area contributed by atoms with Crippen molar-refractivity contribution in [3.8, 4) is 5.69 Å². The number of thiocarbonyl (C=S) groups is 1. The average Bonchev–Trinajstić information content (AvgIpc) is 2.95. The number of aromatic nitrogens is 1. The summed E-state index contributed by atoms with van der Waals surface area (Å²) in [6.45, 7) is 12.2. The molecule has 0 spiro atoms. The number of nitrogens with one attached hydrogen (secondary N) is 1. The molecule has 1 saturated heterocycles. The molecule has 2 heterocycles. The highest BCUT2D eigenvalue weighted by Gasteiger charge is 2.32. The van der Waals surface area contributed by atoms with Crippen molar-refractivity contribution in [1.29, 1.82) is 0 Å². The van der Waals surface area contributed by atoms with Crippen molar-refractivity contribution in [2.45, 2.75) is 33.6 Å². The summed E-state index contributed by atoms with van der Waals surface area (Å²) in [6, 6.07) is 10.4. The maximum absolute atomic E-state index is 12.8. The molecule has 1 aromatic heterocycles.